The van der Waals surface area contributed by atoms with Crippen molar-refractivity contribution >= 4 is 11.8 Å². The van der Waals surface area contributed by atoms with Gasteiger partial charge in [-0.05, 0) is 36.0 Å². The Bertz CT molecular complexity index is 823. The van der Waals surface area contributed by atoms with Crippen LogP contribution in [0.4, 0.5) is 0 Å². The molecule has 1 aliphatic rings. The fourth-order valence-electron chi connectivity index (χ4n) is 4.18. The lowest BCUT2D eigenvalue weighted by atomic mass is 9.72. The first kappa shape index (κ1) is 21.1. The molecule has 29 heavy (non-hydrogen) atoms. The minimum Gasteiger partial charge on any atom is -0.375 e. The van der Waals surface area contributed by atoms with Crippen molar-refractivity contribution < 1.29 is 14.3 Å². The number of carbonyl (C=O) groups is 2. The summed E-state index contributed by atoms with van der Waals surface area (Å²) in [6.07, 6.45) is 2.02. The molecule has 3 rings (SSSR count). The van der Waals surface area contributed by atoms with E-state index in [1.807, 2.05) is 37.2 Å². The number of carbonyl (C=O) groups excluding carboxylic acids is 2. The molecule has 154 valence electrons. The second-order valence-electron chi connectivity index (χ2n) is 8.03. The molecule has 0 unspecified atom stereocenters. The molecule has 5 heteroatoms. The molecule has 0 saturated carbocycles. The van der Waals surface area contributed by atoms with Gasteiger partial charge in [0.25, 0.3) is 0 Å². The number of benzene rings is 2. The van der Waals surface area contributed by atoms with E-state index in [2.05, 4.69) is 36.4 Å². The number of nitrogens with zero attached hydrogens (tertiary/aromatic N) is 2. The Labute approximate surface area is 173 Å². The van der Waals surface area contributed by atoms with Crippen LogP contribution in [0.1, 0.15) is 18.4 Å². The van der Waals surface area contributed by atoms with Crippen LogP contribution in [0.25, 0.3) is 11.1 Å². The van der Waals surface area contributed by atoms with Crippen molar-refractivity contribution in [3.8, 4) is 11.1 Å². The molecule has 1 fully saturated rings. The highest BCUT2D eigenvalue weighted by atomic mass is 16.5. The predicted octanol–water partition coefficient (Wildman–Crippen LogP) is 3.24. The number of hydrogen-bond donors (Lipinski definition) is 0. The molecule has 2 aromatic rings. The van der Waals surface area contributed by atoms with Gasteiger partial charge in [-0.1, -0.05) is 54.6 Å². The zero-order valence-corrected chi connectivity index (χ0v) is 17.6. The van der Waals surface area contributed by atoms with Crippen molar-refractivity contribution in [3.05, 3.63) is 60.2 Å². The van der Waals surface area contributed by atoms with Gasteiger partial charge >= 0.3 is 0 Å². The normalized spacial score (nSPS) is 15.8. The summed E-state index contributed by atoms with van der Waals surface area (Å²) < 4.78 is 4.97. The fraction of sp³-hybridized carbons (Fsp3) is 0.417. The molecule has 2 amide bonds. The summed E-state index contributed by atoms with van der Waals surface area (Å²) in [5.41, 5.74) is 3.03. The number of ether oxygens (including phenoxy) is 1. The van der Waals surface area contributed by atoms with Crippen molar-refractivity contribution in [3.63, 3.8) is 0 Å². The predicted molar refractivity (Wildman–Crippen MR) is 114 cm³/mol. The summed E-state index contributed by atoms with van der Waals surface area (Å²) >= 11 is 0. The smallest absolute Gasteiger partial charge is 0.248 e. The van der Waals surface area contributed by atoms with Gasteiger partial charge in [0, 0.05) is 34.3 Å². The molecule has 0 aromatic heterocycles. The minimum absolute atomic E-state index is 0.00869. The van der Waals surface area contributed by atoms with E-state index in [1.165, 1.54) is 18.2 Å². The van der Waals surface area contributed by atoms with Gasteiger partial charge < -0.3 is 14.5 Å². The molecule has 0 bridgehead atoms. The molecule has 0 spiro atoms. The lowest BCUT2D eigenvalue weighted by Gasteiger charge is -2.42. The van der Waals surface area contributed by atoms with Crippen LogP contribution in [0.15, 0.2) is 54.6 Å². The van der Waals surface area contributed by atoms with Crippen molar-refractivity contribution in [2.45, 2.75) is 19.3 Å². The number of rotatable bonds is 6. The van der Waals surface area contributed by atoms with Crippen LogP contribution in [0, 0.1) is 5.41 Å². The minimum atomic E-state index is -0.471. The summed E-state index contributed by atoms with van der Waals surface area (Å²) in [6, 6.07) is 18.8. The number of likely N-dealkylation sites (tertiary alicyclic amines) is 1. The van der Waals surface area contributed by atoms with Gasteiger partial charge in [0.1, 0.15) is 6.61 Å². The van der Waals surface area contributed by atoms with Gasteiger partial charge in [-0.3, -0.25) is 9.59 Å². The second-order valence-corrected chi connectivity index (χ2v) is 8.03. The summed E-state index contributed by atoms with van der Waals surface area (Å²) in [5.74, 6) is 0.133. The third-order valence-corrected chi connectivity index (χ3v) is 5.80. The molecule has 1 heterocycles. The Hall–Kier alpha value is -2.66. The summed E-state index contributed by atoms with van der Waals surface area (Å²) in [6.45, 7) is 1.27. The SMILES string of the molecule is COCC(=O)N1CCC(Cc2ccc(-c3ccccc3)cc2)(C(=O)N(C)C)CC1. The first-order valence-electron chi connectivity index (χ1n) is 10.1. The Morgan fingerprint density at radius 1 is 0.966 bits per heavy atom. The van der Waals surface area contributed by atoms with Crippen LogP contribution in [0.2, 0.25) is 0 Å². The molecule has 5 nitrogen and oxygen atoms in total. The van der Waals surface area contributed by atoms with Crippen LogP contribution in [-0.2, 0) is 20.7 Å². The van der Waals surface area contributed by atoms with Crippen molar-refractivity contribution in [1.82, 2.24) is 9.80 Å². The number of methoxy groups -OCH3 is 1. The maximum Gasteiger partial charge on any atom is 0.248 e. The molecule has 1 aliphatic heterocycles. The topological polar surface area (TPSA) is 49.9 Å². The van der Waals surface area contributed by atoms with E-state index in [9.17, 15) is 9.59 Å². The van der Waals surface area contributed by atoms with Gasteiger partial charge in [-0.25, -0.2) is 0 Å². The van der Waals surface area contributed by atoms with Gasteiger partial charge in [0.2, 0.25) is 11.8 Å². The Morgan fingerprint density at radius 2 is 1.55 bits per heavy atom. The molecular formula is C24H30N2O3. The zero-order chi connectivity index (χ0) is 20.9. The van der Waals surface area contributed by atoms with Gasteiger partial charge in [0.15, 0.2) is 0 Å². The fourth-order valence-corrected chi connectivity index (χ4v) is 4.18. The molecule has 0 aliphatic carbocycles. The second kappa shape index (κ2) is 9.23. The van der Waals surface area contributed by atoms with Crippen molar-refractivity contribution in [2.75, 3.05) is 40.9 Å². The standard InChI is InChI=1S/C24H30N2O3/c1-25(2)23(28)24(13-15-26(16-14-24)22(27)18-29-3)17-19-9-11-21(12-10-19)20-7-5-4-6-8-20/h4-12H,13-18H2,1-3H3. The van der Waals surface area contributed by atoms with E-state index in [-0.39, 0.29) is 18.4 Å². The monoisotopic (exact) mass is 394 g/mol. The van der Waals surface area contributed by atoms with E-state index in [4.69, 9.17) is 4.74 Å². The summed E-state index contributed by atoms with van der Waals surface area (Å²) in [5, 5.41) is 0. The maximum absolute atomic E-state index is 13.1. The molecule has 0 N–H and O–H groups in total. The van der Waals surface area contributed by atoms with E-state index < -0.39 is 5.41 Å². The summed E-state index contributed by atoms with van der Waals surface area (Å²) in [7, 11) is 5.15. The number of hydrogen-bond acceptors (Lipinski definition) is 3. The van der Waals surface area contributed by atoms with E-state index >= 15 is 0 Å². The Morgan fingerprint density at radius 3 is 2.10 bits per heavy atom. The molecule has 0 atom stereocenters. The summed E-state index contributed by atoms with van der Waals surface area (Å²) in [4.78, 5) is 28.8. The van der Waals surface area contributed by atoms with Crippen molar-refractivity contribution in [2.24, 2.45) is 5.41 Å². The van der Waals surface area contributed by atoms with Crippen LogP contribution < -0.4 is 0 Å². The van der Waals surface area contributed by atoms with E-state index in [0.717, 1.165) is 5.56 Å². The van der Waals surface area contributed by atoms with E-state index in [1.54, 1.807) is 4.90 Å². The highest BCUT2D eigenvalue weighted by Crippen LogP contribution is 2.37. The Kier molecular flexibility index (Phi) is 6.70. The third-order valence-electron chi connectivity index (χ3n) is 5.80. The highest BCUT2D eigenvalue weighted by molar-refractivity contribution is 5.84. The van der Waals surface area contributed by atoms with Crippen LogP contribution in [-0.4, -0.2) is 62.5 Å². The molecule has 0 radical (unpaired) electrons. The first-order chi connectivity index (χ1) is 13.9. The van der Waals surface area contributed by atoms with Gasteiger partial charge in [0.05, 0.1) is 5.41 Å². The quantitative estimate of drug-likeness (QED) is 0.756. The third kappa shape index (κ3) is 4.85. The lowest BCUT2D eigenvalue weighted by molar-refractivity contribution is -0.147. The lowest BCUT2D eigenvalue weighted by Crippen LogP contribution is -2.51. The number of piperidine rings is 1. The first-order valence-corrected chi connectivity index (χ1v) is 10.1. The average molecular weight is 395 g/mol. The largest absolute Gasteiger partial charge is 0.375 e. The van der Waals surface area contributed by atoms with E-state index in [0.29, 0.717) is 32.4 Å². The van der Waals surface area contributed by atoms with Crippen LogP contribution in [0.5, 0.6) is 0 Å². The van der Waals surface area contributed by atoms with Gasteiger partial charge in [-0.2, -0.15) is 0 Å². The van der Waals surface area contributed by atoms with Crippen LogP contribution >= 0.6 is 0 Å². The Balaban J connectivity index is 1.77. The van der Waals surface area contributed by atoms with Gasteiger partial charge in [-0.15, -0.1) is 0 Å². The average Bonchev–Trinajstić information content (AvgIpc) is 2.75. The van der Waals surface area contributed by atoms with Crippen LogP contribution in [0.3, 0.4) is 0 Å². The highest BCUT2D eigenvalue weighted by Gasteiger charge is 2.43. The molecule has 1 saturated heterocycles. The zero-order valence-electron chi connectivity index (χ0n) is 17.6. The molecular weight excluding hydrogens is 364 g/mol. The maximum atomic E-state index is 13.1. The molecule has 2 aromatic carbocycles. The number of amides is 2. The van der Waals surface area contributed by atoms with Crippen molar-refractivity contribution in [1.29, 1.82) is 0 Å².